The molecule has 5 nitrogen and oxygen atoms in total. The first-order valence-corrected chi connectivity index (χ1v) is 10.9. The summed E-state index contributed by atoms with van der Waals surface area (Å²) in [6.45, 7) is 3.93. The van der Waals surface area contributed by atoms with Crippen LogP contribution < -0.4 is 5.32 Å². The van der Waals surface area contributed by atoms with Gasteiger partial charge in [-0.2, -0.15) is 0 Å². The average molecular weight is 457 g/mol. The molecule has 1 saturated heterocycles. The molecule has 144 valence electrons. The zero-order valence-corrected chi connectivity index (χ0v) is 18.0. The number of aryl methyl sites for hydroxylation is 1. The van der Waals surface area contributed by atoms with Gasteiger partial charge in [0.05, 0.1) is 11.7 Å². The van der Waals surface area contributed by atoms with Crippen LogP contribution in [0.4, 0.5) is 5.13 Å². The van der Waals surface area contributed by atoms with Crippen molar-refractivity contribution in [1.82, 2.24) is 14.9 Å². The number of likely N-dealkylation sites (tertiary alicyclic amines) is 1. The maximum Gasteiger partial charge on any atom is 0.257 e. The normalized spacial score (nSPS) is 17.0. The zero-order valence-electron chi connectivity index (χ0n) is 15.6. The highest BCUT2D eigenvalue weighted by Crippen LogP contribution is 2.34. The predicted molar refractivity (Wildman–Crippen MR) is 116 cm³/mol. The number of carbonyl (C=O) groups excluding carboxylic acids is 1. The van der Waals surface area contributed by atoms with E-state index in [-0.39, 0.29) is 11.9 Å². The van der Waals surface area contributed by atoms with Crippen molar-refractivity contribution in [3.05, 3.63) is 75.0 Å². The highest BCUT2D eigenvalue weighted by Gasteiger charge is 2.28. The number of halogens is 1. The van der Waals surface area contributed by atoms with Crippen molar-refractivity contribution in [3.63, 3.8) is 0 Å². The van der Waals surface area contributed by atoms with Crippen LogP contribution in [-0.4, -0.2) is 27.3 Å². The van der Waals surface area contributed by atoms with Crippen LogP contribution in [0.25, 0.3) is 0 Å². The van der Waals surface area contributed by atoms with E-state index in [1.807, 2.05) is 25.3 Å². The van der Waals surface area contributed by atoms with Crippen LogP contribution in [0.5, 0.6) is 0 Å². The van der Waals surface area contributed by atoms with Crippen LogP contribution in [0.3, 0.4) is 0 Å². The van der Waals surface area contributed by atoms with E-state index in [1.165, 1.54) is 16.9 Å². The van der Waals surface area contributed by atoms with Gasteiger partial charge in [0, 0.05) is 33.9 Å². The van der Waals surface area contributed by atoms with Gasteiger partial charge in [0.25, 0.3) is 5.91 Å². The molecule has 3 aromatic rings. The van der Waals surface area contributed by atoms with Gasteiger partial charge < -0.3 is 0 Å². The number of pyridine rings is 1. The number of rotatable bonds is 5. The van der Waals surface area contributed by atoms with E-state index in [2.05, 4.69) is 48.6 Å². The van der Waals surface area contributed by atoms with Crippen LogP contribution in [0, 0.1) is 6.92 Å². The van der Waals surface area contributed by atoms with Gasteiger partial charge in [-0.1, -0.05) is 22.0 Å². The highest BCUT2D eigenvalue weighted by atomic mass is 79.9. The molecule has 7 heteroatoms. The predicted octanol–water partition coefficient (Wildman–Crippen LogP) is 5.20. The summed E-state index contributed by atoms with van der Waals surface area (Å²) in [6, 6.07) is 11.8. The smallest absolute Gasteiger partial charge is 0.257 e. The second kappa shape index (κ2) is 8.51. The lowest BCUT2D eigenvalue weighted by molar-refractivity contribution is 0.102. The van der Waals surface area contributed by atoms with Crippen LogP contribution >= 0.6 is 27.3 Å². The molecule has 1 unspecified atom stereocenters. The molecule has 0 bridgehead atoms. The number of carbonyl (C=O) groups is 1. The SMILES string of the molecule is Cc1ccc(CN2CCCC2c2csc(NC(=O)c3ccc(Br)cc3)n2)cn1. The third-order valence-electron chi connectivity index (χ3n) is 4.91. The maximum atomic E-state index is 12.4. The number of nitrogens with zero attached hydrogens (tertiary/aromatic N) is 3. The summed E-state index contributed by atoms with van der Waals surface area (Å²) in [4.78, 5) is 24.0. The van der Waals surface area contributed by atoms with Gasteiger partial charge in [0.2, 0.25) is 0 Å². The maximum absolute atomic E-state index is 12.4. The summed E-state index contributed by atoms with van der Waals surface area (Å²) in [6.07, 6.45) is 4.20. The first-order valence-electron chi connectivity index (χ1n) is 9.26. The number of hydrogen-bond acceptors (Lipinski definition) is 5. The largest absolute Gasteiger partial charge is 0.298 e. The highest BCUT2D eigenvalue weighted by molar-refractivity contribution is 9.10. The number of amides is 1. The summed E-state index contributed by atoms with van der Waals surface area (Å²) in [7, 11) is 0. The van der Waals surface area contributed by atoms with Crippen LogP contribution in [0.2, 0.25) is 0 Å². The second-order valence-corrected chi connectivity index (χ2v) is 8.75. The first kappa shape index (κ1) is 19.2. The molecule has 0 aliphatic carbocycles. The van der Waals surface area contributed by atoms with Gasteiger partial charge in [0.15, 0.2) is 5.13 Å². The van der Waals surface area contributed by atoms with E-state index in [0.29, 0.717) is 10.7 Å². The fourth-order valence-electron chi connectivity index (χ4n) is 3.44. The van der Waals surface area contributed by atoms with E-state index < -0.39 is 0 Å². The molecule has 2 aromatic heterocycles. The minimum atomic E-state index is -0.137. The second-order valence-electron chi connectivity index (χ2n) is 6.97. The van der Waals surface area contributed by atoms with Gasteiger partial charge in [-0.05, 0) is 62.2 Å². The van der Waals surface area contributed by atoms with Crippen molar-refractivity contribution in [1.29, 1.82) is 0 Å². The molecule has 28 heavy (non-hydrogen) atoms. The van der Waals surface area contributed by atoms with Gasteiger partial charge >= 0.3 is 0 Å². The Morgan fingerprint density at radius 3 is 2.86 bits per heavy atom. The molecule has 4 rings (SSSR count). The van der Waals surface area contributed by atoms with E-state index in [9.17, 15) is 4.79 Å². The van der Waals surface area contributed by atoms with Crippen LogP contribution in [-0.2, 0) is 6.54 Å². The molecule has 1 N–H and O–H groups in total. The van der Waals surface area contributed by atoms with Crippen molar-refractivity contribution in [2.45, 2.75) is 32.4 Å². The summed E-state index contributed by atoms with van der Waals surface area (Å²) in [5, 5.41) is 5.63. The van der Waals surface area contributed by atoms with Crippen LogP contribution in [0.15, 0.2) is 52.4 Å². The third kappa shape index (κ3) is 4.48. The lowest BCUT2D eigenvalue weighted by Crippen LogP contribution is -2.23. The lowest BCUT2D eigenvalue weighted by atomic mass is 10.1. The van der Waals surface area contributed by atoms with E-state index >= 15 is 0 Å². The summed E-state index contributed by atoms with van der Waals surface area (Å²) < 4.78 is 0.950. The average Bonchev–Trinajstić information content (AvgIpc) is 3.33. The monoisotopic (exact) mass is 456 g/mol. The molecule has 0 saturated carbocycles. The fraction of sp³-hybridized carbons (Fsp3) is 0.286. The van der Waals surface area contributed by atoms with Crippen molar-refractivity contribution >= 4 is 38.3 Å². The number of hydrogen-bond donors (Lipinski definition) is 1. The topological polar surface area (TPSA) is 58.1 Å². The summed E-state index contributed by atoms with van der Waals surface area (Å²) in [5.41, 5.74) is 3.91. The Labute approximate surface area is 177 Å². The van der Waals surface area contributed by atoms with E-state index in [1.54, 1.807) is 12.1 Å². The van der Waals surface area contributed by atoms with Gasteiger partial charge in [-0.25, -0.2) is 4.98 Å². The van der Waals surface area contributed by atoms with Gasteiger partial charge in [0.1, 0.15) is 0 Å². The molecule has 1 amide bonds. The third-order valence-corrected chi connectivity index (χ3v) is 6.22. The van der Waals surface area contributed by atoms with E-state index in [0.717, 1.165) is 41.8 Å². The molecular weight excluding hydrogens is 436 g/mol. The van der Waals surface area contributed by atoms with Crippen molar-refractivity contribution in [3.8, 4) is 0 Å². The number of benzene rings is 1. The molecule has 1 aliphatic rings. The lowest BCUT2D eigenvalue weighted by Gasteiger charge is -2.23. The Morgan fingerprint density at radius 1 is 1.29 bits per heavy atom. The van der Waals surface area contributed by atoms with Gasteiger partial charge in [-0.15, -0.1) is 11.3 Å². The van der Waals surface area contributed by atoms with Gasteiger partial charge in [-0.3, -0.25) is 20.0 Å². The number of thiazole rings is 1. The molecule has 1 fully saturated rings. The van der Waals surface area contributed by atoms with Crippen LogP contribution in [0.1, 0.15) is 46.2 Å². The Hall–Kier alpha value is -2.09. The standard InChI is InChI=1S/C21H21BrN4OS/c1-14-4-5-15(11-23-14)12-26-10-2-3-19(26)18-13-28-21(24-18)25-20(27)16-6-8-17(22)9-7-16/h4-9,11,13,19H,2-3,10,12H2,1H3,(H,24,25,27). The molecular formula is C21H21BrN4OS. The van der Waals surface area contributed by atoms with Crippen molar-refractivity contribution in [2.75, 3.05) is 11.9 Å². The molecule has 1 atom stereocenters. The first-order chi connectivity index (χ1) is 13.6. The zero-order chi connectivity index (χ0) is 19.5. The molecule has 0 radical (unpaired) electrons. The quantitative estimate of drug-likeness (QED) is 0.573. The number of anilines is 1. The Kier molecular flexibility index (Phi) is 5.85. The molecule has 3 heterocycles. The van der Waals surface area contributed by atoms with Crippen molar-refractivity contribution in [2.24, 2.45) is 0 Å². The number of nitrogens with one attached hydrogen (secondary N) is 1. The Balaban J connectivity index is 1.43. The fourth-order valence-corrected chi connectivity index (χ4v) is 4.46. The van der Waals surface area contributed by atoms with E-state index in [4.69, 9.17) is 4.98 Å². The molecule has 1 aliphatic heterocycles. The Bertz CT molecular complexity index is 955. The Morgan fingerprint density at radius 2 is 2.11 bits per heavy atom. The summed E-state index contributed by atoms with van der Waals surface area (Å²) in [5.74, 6) is -0.137. The molecule has 1 aromatic carbocycles. The minimum Gasteiger partial charge on any atom is -0.298 e. The summed E-state index contributed by atoms with van der Waals surface area (Å²) >= 11 is 4.87. The number of aromatic nitrogens is 2. The molecule has 0 spiro atoms. The minimum absolute atomic E-state index is 0.137. The van der Waals surface area contributed by atoms with Crippen molar-refractivity contribution < 1.29 is 4.79 Å².